The van der Waals surface area contributed by atoms with Crippen LogP contribution in [-0.2, 0) is 11.3 Å². The molecule has 2 aliphatic rings. The van der Waals surface area contributed by atoms with Crippen LogP contribution in [0.2, 0.25) is 0 Å². The number of hydrogen-bond acceptors (Lipinski definition) is 5. The monoisotopic (exact) mass is 449 g/mol. The molecule has 0 spiro atoms. The number of imidazole rings is 1. The summed E-state index contributed by atoms with van der Waals surface area (Å²) in [6.07, 6.45) is 3.88. The molecule has 2 saturated heterocycles. The second kappa shape index (κ2) is 9.62. The Bertz CT molecular complexity index is 963. The summed E-state index contributed by atoms with van der Waals surface area (Å²) in [6.45, 7) is 8.89. The molecule has 5 rings (SSSR count). The van der Waals surface area contributed by atoms with Crippen molar-refractivity contribution in [2.24, 2.45) is 0 Å². The van der Waals surface area contributed by atoms with Crippen molar-refractivity contribution in [3.63, 3.8) is 0 Å². The summed E-state index contributed by atoms with van der Waals surface area (Å²) in [6, 6.07) is 11.6. The smallest absolute Gasteiger partial charge is 0.234 e. The molecule has 2 aliphatic heterocycles. The molecule has 162 valence electrons. The van der Waals surface area contributed by atoms with Crippen LogP contribution in [0.15, 0.2) is 42.7 Å². The van der Waals surface area contributed by atoms with Gasteiger partial charge in [-0.05, 0) is 17.5 Å². The highest BCUT2D eigenvalue weighted by molar-refractivity contribution is 5.85. The van der Waals surface area contributed by atoms with E-state index in [1.54, 1.807) is 0 Å². The van der Waals surface area contributed by atoms with Crippen molar-refractivity contribution in [1.29, 1.82) is 0 Å². The van der Waals surface area contributed by atoms with E-state index in [0.29, 0.717) is 18.0 Å². The zero-order chi connectivity index (χ0) is 19.1. The van der Waals surface area contributed by atoms with E-state index in [2.05, 4.69) is 63.9 Å². The Kier molecular flexibility index (Phi) is 7.37. The maximum atomic E-state index is 5.70. The third-order valence-corrected chi connectivity index (χ3v) is 5.79. The Labute approximate surface area is 189 Å². The molecule has 2 atom stereocenters. The molecule has 2 fully saturated rings. The van der Waals surface area contributed by atoms with E-state index >= 15 is 0 Å². The lowest BCUT2D eigenvalue weighted by atomic mass is 10.00. The topological polar surface area (TPSA) is 54.7 Å². The number of ether oxygens (including phenoxy) is 1. The van der Waals surface area contributed by atoms with Gasteiger partial charge in [0.05, 0.1) is 24.6 Å². The SMILES string of the molecule is CC(C)c1ccc(-c2nc3ncccn3c2CN2CC3COCC(C2)N3)cc1.Cl.Cl. The minimum absolute atomic E-state index is 0. The first-order chi connectivity index (χ1) is 13.7. The number of benzene rings is 1. The van der Waals surface area contributed by atoms with Crippen molar-refractivity contribution < 1.29 is 4.74 Å². The predicted octanol–water partition coefficient (Wildman–Crippen LogP) is 3.54. The molecule has 4 heterocycles. The van der Waals surface area contributed by atoms with Crippen LogP contribution in [0.4, 0.5) is 0 Å². The van der Waals surface area contributed by atoms with E-state index in [-0.39, 0.29) is 24.8 Å². The summed E-state index contributed by atoms with van der Waals surface area (Å²) >= 11 is 0. The van der Waals surface area contributed by atoms with E-state index in [1.807, 2.05) is 12.3 Å². The zero-order valence-corrected chi connectivity index (χ0v) is 19.0. The second-order valence-corrected chi connectivity index (χ2v) is 8.27. The minimum atomic E-state index is 0. The van der Waals surface area contributed by atoms with E-state index in [1.165, 1.54) is 11.3 Å². The van der Waals surface area contributed by atoms with Gasteiger partial charge in [0.1, 0.15) is 0 Å². The summed E-state index contributed by atoms with van der Waals surface area (Å²) in [5.74, 6) is 1.29. The molecule has 2 aromatic heterocycles. The van der Waals surface area contributed by atoms with Gasteiger partial charge < -0.3 is 10.1 Å². The van der Waals surface area contributed by atoms with Gasteiger partial charge in [-0.25, -0.2) is 9.97 Å². The highest BCUT2D eigenvalue weighted by Gasteiger charge is 2.31. The average molecular weight is 450 g/mol. The first kappa shape index (κ1) is 23.0. The summed E-state index contributed by atoms with van der Waals surface area (Å²) < 4.78 is 7.84. The van der Waals surface area contributed by atoms with Gasteiger partial charge in [0.25, 0.3) is 0 Å². The highest BCUT2D eigenvalue weighted by atomic mass is 35.5. The Morgan fingerprint density at radius 1 is 1.10 bits per heavy atom. The molecule has 0 amide bonds. The standard InChI is InChI=1S/C22H27N5O.2ClH/c1-15(2)16-4-6-17(7-5-16)21-20(27-9-3-8-23-22(27)25-21)12-26-10-18-13-28-14-19(11-26)24-18;;/h3-9,15,18-19,24H,10-14H2,1-2H3;2*1H. The van der Waals surface area contributed by atoms with Gasteiger partial charge in [-0.3, -0.25) is 9.30 Å². The fourth-order valence-corrected chi connectivity index (χ4v) is 4.37. The maximum absolute atomic E-state index is 5.70. The van der Waals surface area contributed by atoms with Crippen molar-refractivity contribution in [2.45, 2.75) is 38.4 Å². The number of morpholine rings is 1. The molecule has 30 heavy (non-hydrogen) atoms. The number of piperazine rings is 1. The minimum Gasteiger partial charge on any atom is -0.378 e. The van der Waals surface area contributed by atoms with Crippen molar-refractivity contribution in [3.05, 3.63) is 54.0 Å². The fourth-order valence-electron chi connectivity index (χ4n) is 4.37. The summed E-state index contributed by atoms with van der Waals surface area (Å²) in [5, 5.41) is 3.66. The average Bonchev–Trinajstić information content (AvgIpc) is 3.06. The Morgan fingerprint density at radius 2 is 1.80 bits per heavy atom. The Balaban J connectivity index is 0.00000128. The Hall–Kier alpha value is -1.70. The molecule has 0 saturated carbocycles. The van der Waals surface area contributed by atoms with Gasteiger partial charge >= 0.3 is 0 Å². The van der Waals surface area contributed by atoms with Crippen LogP contribution in [-0.4, -0.2) is 57.7 Å². The number of hydrogen-bond donors (Lipinski definition) is 1. The van der Waals surface area contributed by atoms with E-state index < -0.39 is 0 Å². The fraction of sp³-hybridized carbons (Fsp3) is 0.455. The number of nitrogens with one attached hydrogen (secondary N) is 1. The molecule has 8 heteroatoms. The first-order valence-electron chi connectivity index (χ1n) is 10.2. The molecule has 2 bridgehead atoms. The van der Waals surface area contributed by atoms with Crippen molar-refractivity contribution in [3.8, 4) is 11.3 Å². The normalized spacial score (nSPS) is 21.3. The van der Waals surface area contributed by atoms with Crippen LogP contribution in [0.3, 0.4) is 0 Å². The van der Waals surface area contributed by atoms with E-state index in [0.717, 1.165) is 49.9 Å². The van der Waals surface area contributed by atoms with Crippen LogP contribution in [0, 0.1) is 0 Å². The third-order valence-electron chi connectivity index (χ3n) is 5.79. The predicted molar refractivity (Wildman–Crippen MR) is 124 cm³/mol. The van der Waals surface area contributed by atoms with Crippen LogP contribution in [0.25, 0.3) is 17.0 Å². The van der Waals surface area contributed by atoms with Crippen LogP contribution < -0.4 is 5.32 Å². The van der Waals surface area contributed by atoms with Gasteiger partial charge in [0.2, 0.25) is 5.78 Å². The quantitative estimate of drug-likeness (QED) is 0.659. The molecule has 0 aliphatic carbocycles. The summed E-state index contributed by atoms with van der Waals surface area (Å²) in [5.41, 5.74) is 4.75. The van der Waals surface area contributed by atoms with E-state index in [9.17, 15) is 0 Å². The molecule has 6 nitrogen and oxygen atoms in total. The number of nitrogens with zero attached hydrogens (tertiary/aromatic N) is 4. The maximum Gasteiger partial charge on any atom is 0.234 e. The second-order valence-electron chi connectivity index (χ2n) is 8.27. The lowest BCUT2D eigenvalue weighted by Crippen LogP contribution is -2.62. The highest BCUT2D eigenvalue weighted by Crippen LogP contribution is 2.27. The summed E-state index contributed by atoms with van der Waals surface area (Å²) in [4.78, 5) is 11.9. The van der Waals surface area contributed by atoms with Crippen LogP contribution in [0.5, 0.6) is 0 Å². The third kappa shape index (κ3) is 4.48. The molecule has 1 aromatic carbocycles. The first-order valence-corrected chi connectivity index (χ1v) is 10.2. The van der Waals surface area contributed by atoms with Gasteiger partial charge in [0.15, 0.2) is 0 Å². The molecule has 3 aromatic rings. The van der Waals surface area contributed by atoms with Crippen molar-refractivity contribution in [1.82, 2.24) is 24.6 Å². The molecule has 1 N–H and O–H groups in total. The van der Waals surface area contributed by atoms with Crippen LogP contribution in [0.1, 0.15) is 31.0 Å². The molecular weight excluding hydrogens is 421 g/mol. The lowest BCUT2D eigenvalue weighted by Gasteiger charge is -2.42. The summed E-state index contributed by atoms with van der Waals surface area (Å²) in [7, 11) is 0. The van der Waals surface area contributed by atoms with Gasteiger partial charge in [-0.1, -0.05) is 38.1 Å². The number of aromatic nitrogens is 3. The van der Waals surface area contributed by atoms with Gasteiger partial charge in [0, 0.05) is 49.7 Å². The Morgan fingerprint density at radius 3 is 2.47 bits per heavy atom. The number of rotatable bonds is 4. The largest absolute Gasteiger partial charge is 0.378 e. The van der Waals surface area contributed by atoms with Crippen molar-refractivity contribution >= 4 is 30.6 Å². The molecule has 2 unspecified atom stereocenters. The molecule has 0 radical (unpaired) electrons. The zero-order valence-electron chi connectivity index (χ0n) is 17.3. The number of fused-ring (bicyclic) bond motifs is 3. The van der Waals surface area contributed by atoms with E-state index in [4.69, 9.17) is 9.72 Å². The van der Waals surface area contributed by atoms with Crippen LogP contribution >= 0.6 is 24.8 Å². The van der Waals surface area contributed by atoms with Crippen molar-refractivity contribution in [2.75, 3.05) is 26.3 Å². The molecular formula is C22H29Cl2N5O. The van der Waals surface area contributed by atoms with Gasteiger partial charge in [-0.2, -0.15) is 0 Å². The lowest BCUT2D eigenvalue weighted by molar-refractivity contribution is -0.00900. The van der Waals surface area contributed by atoms with Gasteiger partial charge in [-0.15, -0.1) is 24.8 Å². The number of halogens is 2.